The van der Waals surface area contributed by atoms with Crippen LogP contribution in [0.25, 0.3) is 0 Å². The lowest BCUT2D eigenvalue weighted by Gasteiger charge is -2.25. The summed E-state index contributed by atoms with van der Waals surface area (Å²) in [4.78, 5) is 23.2. The Labute approximate surface area is 139 Å². The van der Waals surface area contributed by atoms with Crippen molar-refractivity contribution in [3.05, 3.63) is 29.8 Å². The van der Waals surface area contributed by atoms with Crippen molar-refractivity contribution in [3.63, 3.8) is 0 Å². The van der Waals surface area contributed by atoms with Crippen molar-refractivity contribution in [3.8, 4) is 0 Å². The first-order chi connectivity index (χ1) is 10.2. The van der Waals surface area contributed by atoms with Gasteiger partial charge in [-0.25, -0.2) is 4.79 Å². The van der Waals surface area contributed by atoms with E-state index < -0.39 is 11.7 Å². The first-order valence-electron chi connectivity index (χ1n) is 7.51. The summed E-state index contributed by atoms with van der Waals surface area (Å²) in [6, 6.07) is 7.76. The van der Waals surface area contributed by atoms with Gasteiger partial charge in [-0.05, 0) is 57.2 Å². The van der Waals surface area contributed by atoms with Gasteiger partial charge in [0, 0.05) is 12.1 Å². The predicted octanol–water partition coefficient (Wildman–Crippen LogP) is 4.63. The zero-order valence-corrected chi connectivity index (χ0v) is 14.8. The van der Waals surface area contributed by atoms with E-state index in [0.29, 0.717) is 23.8 Å². The molecule has 1 amide bonds. The summed E-state index contributed by atoms with van der Waals surface area (Å²) in [5, 5.41) is 2.72. The molecule has 0 aliphatic heterocycles. The number of ether oxygens (including phenoxy) is 1. The Kier molecular flexibility index (Phi) is 5.27. The standard InChI is InChI=1S/C17H22BrNO3/c1-17(2,3)22-16(21)19-13-7-4-11(5-8-13)12-6-9-15(20)14(18)10-12/h4-5,7-8,12,14H,6,9-10H2,1-3H3,(H,19,21). The molecule has 0 bridgehead atoms. The van der Waals surface area contributed by atoms with Crippen molar-refractivity contribution in [2.24, 2.45) is 0 Å². The highest BCUT2D eigenvalue weighted by molar-refractivity contribution is 9.10. The molecule has 120 valence electrons. The molecule has 0 radical (unpaired) electrons. The third kappa shape index (κ3) is 4.83. The molecule has 1 aromatic carbocycles. The summed E-state index contributed by atoms with van der Waals surface area (Å²) in [6.07, 6.45) is 1.89. The van der Waals surface area contributed by atoms with Crippen molar-refractivity contribution >= 4 is 33.5 Å². The second-order valence-electron chi connectivity index (χ2n) is 6.65. The van der Waals surface area contributed by atoms with Crippen LogP contribution in [0.2, 0.25) is 0 Å². The summed E-state index contributed by atoms with van der Waals surface area (Å²) in [5.74, 6) is 0.678. The monoisotopic (exact) mass is 367 g/mol. The minimum absolute atomic E-state index is 0.0363. The molecule has 1 saturated carbocycles. The van der Waals surface area contributed by atoms with Crippen molar-refractivity contribution in [2.75, 3.05) is 5.32 Å². The van der Waals surface area contributed by atoms with Gasteiger partial charge in [0.2, 0.25) is 0 Å². The van der Waals surface area contributed by atoms with Gasteiger partial charge < -0.3 is 4.74 Å². The van der Waals surface area contributed by atoms with Crippen LogP contribution in [-0.2, 0) is 9.53 Å². The maximum Gasteiger partial charge on any atom is 0.412 e. The third-order valence-electron chi connectivity index (χ3n) is 3.61. The molecule has 1 aliphatic rings. The molecule has 1 aromatic rings. The lowest BCUT2D eigenvalue weighted by atomic mass is 9.83. The SMILES string of the molecule is CC(C)(C)OC(=O)Nc1ccc(C2CCC(=O)C(Br)C2)cc1. The average Bonchev–Trinajstić information content (AvgIpc) is 2.40. The molecule has 0 heterocycles. The van der Waals surface area contributed by atoms with Crippen LogP contribution in [0.5, 0.6) is 0 Å². The number of rotatable bonds is 2. The lowest BCUT2D eigenvalue weighted by Crippen LogP contribution is -2.27. The molecule has 0 aromatic heterocycles. The Hall–Kier alpha value is -1.36. The summed E-state index contributed by atoms with van der Waals surface area (Å²) in [7, 11) is 0. The molecule has 1 fully saturated rings. The topological polar surface area (TPSA) is 55.4 Å². The summed E-state index contributed by atoms with van der Waals surface area (Å²) >= 11 is 3.44. The molecule has 2 unspecified atom stereocenters. The number of hydrogen-bond acceptors (Lipinski definition) is 3. The van der Waals surface area contributed by atoms with Gasteiger partial charge in [0.1, 0.15) is 11.4 Å². The first-order valence-corrected chi connectivity index (χ1v) is 8.43. The van der Waals surface area contributed by atoms with E-state index in [1.54, 1.807) is 0 Å². The zero-order valence-electron chi connectivity index (χ0n) is 13.2. The molecule has 2 atom stereocenters. The van der Waals surface area contributed by atoms with E-state index in [-0.39, 0.29) is 4.83 Å². The Balaban J connectivity index is 1.96. The van der Waals surface area contributed by atoms with Crippen LogP contribution in [-0.4, -0.2) is 22.3 Å². The maximum atomic E-state index is 11.7. The van der Waals surface area contributed by atoms with Crippen molar-refractivity contribution in [2.45, 2.75) is 56.4 Å². The van der Waals surface area contributed by atoms with Gasteiger partial charge in [0.05, 0.1) is 4.83 Å². The fourth-order valence-corrected chi connectivity index (χ4v) is 3.22. The second kappa shape index (κ2) is 6.82. The fraction of sp³-hybridized carbons (Fsp3) is 0.529. The second-order valence-corrected chi connectivity index (χ2v) is 7.76. The summed E-state index contributed by atoms with van der Waals surface area (Å²) in [6.45, 7) is 5.49. The number of Topliss-reactive ketones (excluding diaryl/α,β-unsaturated/α-hetero) is 1. The van der Waals surface area contributed by atoms with Crippen molar-refractivity contribution < 1.29 is 14.3 Å². The van der Waals surface area contributed by atoms with E-state index in [4.69, 9.17) is 4.74 Å². The fourth-order valence-electron chi connectivity index (χ4n) is 2.54. The molecule has 5 heteroatoms. The number of nitrogens with one attached hydrogen (secondary N) is 1. The largest absolute Gasteiger partial charge is 0.444 e. The summed E-state index contributed by atoms with van der Waals surface area (Å²) in [5.41, 5.74) is 1.40. The number of alkyl halides is 1. The molecule has 1 aliphatic carbocycles. The van der Waals surface area contributed by atoms with E-state index in [1.165, 1.54) is 5.56 Å². The van der Waals surface area contributed by atoms with E-state index in [0.717, 1.165) is 12.8 Å². The molecule has 2 rings (SSSR count). The molecule has 1 N–H and O–H groups in total. The lowest BCUT2D eigenvalue weighted by molar-refractivity contribution is -0.119. The van der Waals surface area contributed by atoms with E-state index in [1.807, 2.05) is 45.0 Å². The van der Waals surface area contributed by atoms with E-state index >= 15 is 0 Å². The van der Waals surface area contributed by atoms with Crippen LogP contribution in [0.3, 0.4) is 0 Å². The zero-order chi connectivity index (χ0) is 16.3. The van der Waals surface area contributed by atoms with Crippen molar-refractivity contribution in [1.82, 2.24) is 0 Å². The number of carbonyl (C=O) groups is 2. The number of ketones is 1. The highest BCUT2D eigenvalue weighted by Gasteiger charge is 2.27. The van der Waals surface area contributed by atoms with Gasteiger partial charge in [-0.15, -0.1) is 0 Å². The van der Waals surface area contributed by atoms with E-state index in [2.05, 4.69) is 21.2 Å². The predicted molar refractivity (Wildman–Crippen MR) is 90.6 cm³/mol. The smallest absolute Gasteiger partial charge is 0.412 e. The van der Waals surface area contributed by atoms with Gasteiger partial charge in [-0.2, -0.15) is 0 Å². The normalized spacial score (nSPS) is 22.3. The van der Waals surface area contributed by atoms with Gasteiger partial charge in [-0.1, -0.05) is 28.1 Å². The quantitative estimate of drug-likeness (QED) is 0.774. The third-order valence-corrected chi connectivity index (χ3v) is 4.49. The molecular formula is C17H22BrNO3. The molecule has 0 spiro atoms. The number of amides is 1. The van der Waals surface area contributed by atoms with Crippen LogP contribution < -0.4 is 5.32 Å². The minimum Gasteiger partial charge on any atom is -0.444 e. The molecule has 22 heavy (non-hydrogen) atoms. The highest BCUT2D eigenvalue weighted by atomic mass is 79.9. The Bertz CT molecular complexity index is 548. The minimum atomic E-state index is -0.510. The number of benzene rings is 1. The van der Waals surface area contributed by atoms with Gasteiger partial charge >= 0.3 is 6.09 Å². The molecular weight excluding hydrogens is 346 g/mol. The Morgan fingerprint density at radius 3 is 2.45 bits per heavy atom. The molecule has 0 saturated heterocycles. The van der Waals surface area contributed by atoms with Crippen molar-refractivity contribution in [1.29, 1.82) is 0 Å². The number of halogens is 1. The molecule has 4 nitrogen and oxygen atoms in total. The van der Waals surface area contributed by atoms with Gasteiger partial charge in [0.15, 0.2) is 0 Å². The average molecular weight is 368 g/mol. The Morgan fingerprint density at radius 1 is 1.27 bits per heavy atom. The van der Waals surface area contributed by atoms with Crippen LogP contribution >= 0.6 is 15.9 Å². The van der Waals surface area contributed by atoms with Crippen LogP contribution in [0.15, 0.2) is 24.3 Å². The van der Waals surface area contributed by atoms with E-state index in [9.17, 15) is 9.59 Å². The highest BCUT2D eigenvalue weighted by Crippen LogP contribution is 2.34. The van der Waals surface area contributed by atoms with Gasteiger partial charge in [0.25, 0.3) is 0 Å². The number of carbonyl (C=O) groups excluding carboxylic acids is 2. The number of hydrogen-bond donors (Lipinski definition) is 1. The number of anilines is 1. The van der Waals surface area contributed by atoms with Gasteiger partial charge in [-0.3, -0.25) is 10.1 Å². The van der Waals surface area contributed by atoms with Crippen LogP contribution in [0.1, 0.15) is 51.5 Å². The first kappa shape index (κ1) is 17.0. The Morgan fingerprint density at radius 2 is 1.91 bits per heavy atom. The van der Waals surface area contributed by atoms with Crippen LogP contribution in [0, 0.1) is 0 Å². The maximum absolute atomic E-state index is 11.7. The summed E-state index contributed by atoms with van der Waals surface area (Å²) < 4.78 is 5.22. The van der Waals surface area contributed by atoms with Crippen LogP contribution in [0.4, 0.5) is 10.5 Å².